The lowest BCUT2D eigenvalue weighted by Gasteiger charge is -1.87. The molecule has 5 heteroatoms. The quantitative estimate of drug-likeness (QED) is 0.636. The molecule has 0 saturated heterocycles. The average Bonchev–Trinajstić information content (AvgIpc) is 2.66. The van der Waals surface area contributed by atoms with Gasteiger partial charge in [0.25, 0.3) is 0 Å². The summed E-state index contributed by atoms with van der Waals surface area (Å²) in [4.78, 5) is 10.6. The number of furan rings is 1. The highest BCUT2D eigenvalue weighted by Gasteiger charge is 2.09. The minimum Gasteiger partial charge on any atom is -0.477 e. The standard InChI is InChI=1S/C12H6FNO3/c13-9-1-2-11-7(3-9)4-10(17-11)5-8(6-14)12(15)16/h1-5H,(H,15,16). The molecule has 2 aromatic rings. The molecule has 0 unspecified atom stereocenters. The molecule has 0 spiro atoms. The van der Waals surface area contributed by atoms with Crippen LogP contribution in [0.2, 0.25) is 0 Å². The molecule has 1 aromatic carbocycles. The Morgan fingerprint density at radius 3 is 2.88 bits per heavy atom. The summed E-state index contributed by atoms with van der Waals surface area (Å²) < 4.78 is 18.1. The van der Waals surface area contributed by atoms with E-state index in [0.29, 0.717) is 11.0 Å². The summed E-state index contributed by atoms with van der Waals surface area (Å²) in [5.74, 6) is -1.55. The van der Waals surface area contributed by atoms with Crippen molar-refractivity contribution in [3.8, 4) is 6.07 Å². The van der Waals surface area contributed by atoms with Crippen LogP contribution in [0.15, 0.2) is 34.3 Å². The second-order valence-electron chi connectivity index (χ2n) is 3.31. The van der Waals surface area contributed by atoms with Gasteiger partial charge in [-0.2, -0.15) is 5.26 Å². The van der Waals surface area contributed by atoms with Gasteiger partial charge in [-0.25, -0.2) is 9.18 Å². The van der Waals surface area contributed by atoms with Crippen LogP contribution in [-0.2, 0) is 4.79 Å². The van der Waals surface area contributed by atoms with Crippen LogP contribution in [0.25, 0.3) is 17.0 Å². The van der Waals surface area contributed by atoms with E-state index in [-0.39, 0.29) is 5.76 Å². The van der Waals surface area contributed by atoms with Gasteiger partial charge in [0.1, 0.15) is 28.8 Å². The molecule has 0 fully saturated rings. The van der Waals surface area contributed by atoms with Gasteiger partial charge in [0, 0.05) is 11.5 Å². The number of carboxylic acids is 1. The van der Waals surface area contributed by atoms with Gasteiger partial charge in [0.15, 0.2) is 0 Å². The molecule has 2 rings (SSSR count). The van der Waals surface area contributed by atoms with Crippen LogP contribution in [0.4, 0.5) is 4.39 Å². The first-order valence-electron chi connectivity index (χ1n) is 4.64. The second-order valence-corrected chi connectivity index (χ2v) is 3.31. The van der Waals surface area contributed by atoms with Crippen LogP contribution in [0.3, 0.4) is 0 Å². The zero-order chi connectivity index (χ0) is 12.4. The predicted octanol–water partition coefficient (Wildman–Crippen LogP) is 2.56. The Bertz CT molecular complexity index is 664. The van der Waals surface area contributed by atoms with Gasteiger partial charge in [0.2, 0.25) is 0 Å². The minimum atomic E-state index is -1.33. The van der Waals surface area contributed by atoms with E-state index >= 15 is 0 Å². The van der Waals surface area contributed by atoms with Gasteiger partial charge < -0.3 is 9.52 Å². The van der Waals surface area contributed by atoms with Crippen LogP contribution in [0.5, 0.6) is 0 Å². The number of nitriles is 1. The zero-order valence-corrected chi connectivity index (χ0v) is 8.48. The highest BCUT2D eigenvalue weighted by atomic mass is 19.1. The largest absolute Gasteiger partial charge is 0.477 e. The molecule has 4 nitrogen and oxygen atoms in total. The first kappa shape index (κ1) is 10.9. The monoisotopic (exact) mass is 231 g/mol. The SMILES string of the molecule is N#CC(=Cc1cc2cc(F)ccc2o1)C(=O)O. The van der Waals surface area contributed by atoms with Crippen molar-refractivity contribution >= 4 is 23.0 Å². The summed E-state index contributed by atoms with van der Waals surface area (Å²) in [7, 11) is 0. The molecule has 1 aromatic heterocycles. The molecule has 17 heavy (non-hydrogen) atoms. The second kappa shape index (κ2) is 4.10. The van der Waals surface area contributed by atoms with E-state index in [4.69, 9.17) is 14.8 Å². The van der Waals surface area contributed by atoms with Crippen molar-refractivity contribution in [2.24, 2.45) is 0 Å². The molecule has 0 aliphatic heterocycles. The third-order valence-electron chi connectivity index (χ3n) is 2.13. The van der Waals surface area contributed by atoms with Crippen molar-refractivity contribution in [1.29, 1.82) is 5.26 Å². The molecule has 0 aliphatic rings. The van der Waals surface area contributed by atoms with Crippen LogP contribution in [0, 0.1) is 17.1 Å². The topological polar surface area (TPSA) is 74.2 Å². The number of rotatable bonds is 2. The Labute approximate surface area is 95.2 Å². The molecule has 1 heterocycles. The van der Waals surface area contributed by atoms with E-state index in [9.17, 15) is 9.18 Å². The number of carboxylic acid groups (broad SMARTS) is 1. The van der Waals surface area contributed by atoms with Crippen LogP contribution in [0.1, 0.15) is 5.76 Å². The van der Waals surface area contributed by atoms with Crippen LogP contribution in [-0.4, -0.2) is 11.1 Å². The van der Waals surface area contributed by atoms with Crippen molar-refractivity contribution in [3.05, 3.63) is 41.4 Å². The molecule has 0 radical (unpaired) electrons. The van der Waals surface area contributed by atoms with E-state index in [2.05, 4.69) is 0 Å². The maximum Gasteiger partial charge on any atom is 0.346 e. The fourth-order valence-corrected chi connectivity index (χ4v) is 1.39. The fourth-order valence-electron chi connectivity index (χ4n) is 1.39. The lowest BCUT2D eigenvalue weighted by Crippen LogP contribution is -1.96. The van der Waals surface area contributed by atoms with Gasteiger partial charge in [-0.1, -0.05) is 0 Å². The van der Waals surface area contributed by atoms with E-state index in [1.54, 1.807) is 0 Å². The summed E-state index contributed by atoms with van der Waals surface area (Å²) >= 11 is 0. The molecular weight excluding hydrogens is 225 g/mol. The smallest absolute Gasteiger partial charge is 0.346 e. The van der Waals surface area contributed by atoms with Crippen molar-refractivity contribution in [3.63, 3.8) is 0 Å². The third-order valence-corrected chi connectivity index (χ3v) is 2.13. The number of fused-ring (bicyclic) bond motifs is 1. The van der Waals surface area contributed by atoms with Gasteiger partial charge in [-0.3, -0.25) is 0 Å². The third kappa shape index (κ3) is 2.16. The van der Waals surface area contributed by atoms with Crippen molar-refractivity contribution in [2.45, 2.75) is 0 Å². The Morgan fingerprint density at radius 2 is 2.24 bits per heavy atom. The van der Waals surface area contributed by atoms with Crippen LogP contribution >= 0.6 is 0 Å². The Hall–Kier alpha value is -2.61. The molecule has 0 atom stereocenters. The van der Waals surface area contributed by atoms with Gasteiger partial charge in [-0.05, 0) is 24.3 Å². The number of halogens is 1. The lowest BCUT2D eigenvalue weighted by atomic mass is 10.2. The molecule has 0 saturated carbocycles. The number of hydrogen-bond acceptors (Lipinski definition) is 3. The first-order chi connectivity index (χ1) is 8.10. The molecule has 0 aliphatic carbocycles. The van der Waals surface area contributed by atoms with Crippen LogP contribution < -0.4 is 0 Å². The van der Waals surface area contributed by atoms with Crippen molar-refractivity contribution in [2.75, 3.05) is 0 Å². The van der Waals surface area contributed by atoms with Crippen molar-refractivity contribution < 1.29 is 18.7 Å². The Morgan fingerprint density at radius 1 is 1.47 bits per heavy atom. The maximum atomic E-state index is 12.9. The Kier molecular flexibility index (Phi) is 2.63. The van der Waals surface area contributed by atoms with E-state index in [0.717, 1.165) is 6.08 Å². The lowest BCUT2D eigenvalue weighted by molar-refractivity contribution is -0.132. The highest BCUT2D eigenvalue weighted by Crippen LogP contribution is 2.22. The number of aliphatic carboxylic acids is 1. The number of hydrogen-bond donors (Lipinski definition) is 1. The van der Waals surface area contributed by atoms with E-state index in [1.807, 2.05) is 0 Å². The van der Waals surface area contributed by atoms with Crippen molar-refractivity contribution in [1.82, 2.24) is 0 Å². The Balaban J connectivity index is 2.51. The summed E-state index contributed by atoms with van der Waals surface area (Å²) in [6.07, 6.45) is 1.10. The summed E-state index contributed by atoms with van der Waals surface area (Å²) in [5, 5.41) is 17.7. The van der Waals surface area contributed by atoms with Gasteiger partial charge >= 0.3 is 5.97 Å². The average molecular weight is 231 g/mol. The fraction of sp³-hybridized carbons (Fsp3) is 0. The molecule has 0 amide bonds. The summed E-state index contributed by atoms with van der Waals surface area (Å²) in [6.45, 7) is 0. The number of benzene rings is 1. The van der Waals surface area contributed by atoms with Gasteiger partial charge in [-0.15, -0.1) is 0 Å². The predicted molar refractivity (Wildman–Crippen MR) is 57.4 cm³/mol. The number of nitrogens with zero attached hydrogens (tertiary/aromatic N) is 1. The minimum absolute atomic E-state index is 0.199. The maximum absolute atomic E-state index is 12.9. The molecule has 0 bridgehead atoms. The van der Waals surface area contributed by atoms with E-state index < -0.39 is 17.4 Å². The first-order valence-corrected chi connectivity index (χ1v) is 4.64. The summed E-state index contributed by atoms with van der Waals surface area (Å²) in [6, 6.07) is 6.95. The normalized spacial score (nSPS) is 11.4. The zero-order valence-electron chi connectivity index (χ0n) is 8.48. The molecule has 84 valence electrons. The van der Waals surface area contributed by atoms with E-state index in [1.165, 1.54) is 30.3 Å². The molecule has 1 N–H and O–H groups in total. The summed E-state index contributed by atoms with van der Waals surface area (Å²) in [5.41, 5.74) is -0.00939. The number of carbonyl (C=O) groups is 1. The molecular formula is C12H6FNO3. The van der Waals surface area contributed by atoms with Gasteiger partial charge in [0.05, 0.1) is 0 Å². The highest BCUT2D eigenvalue weighted by molar-refractivity contribution is 5.96.